The van der Waals surface area contributed by atoms with E-state index in [2.05, 4.69) is 47.9 Å². The molecule has 0 aliphatic carbocycles. The highest BCUT2D eigenvalue weighted by Crippen LogP contribution is 2.39. The molecular weight excluding hydrogens is 432 g/mol. The monoisotopic (exact) mass is 468 g/mol. The van der Waals surface area contributed by atoms with Crippen LogP contribution in [0.1, 0.15) is 39.1 Å². The standard InChI is InChI=1S/C23H30N6O3.C2H6/c1-15(2)25-12-17-8-9-19(29(17)24-4)16(3)27-22-13-28(14-26-22)18-10-20(30-5)23(32-7)21(11-18)31-6;1-2/h8-11,13-15,25,27H,3-4,12H2,1-2,5-7H3;1-2H3. The number of aromatic nitrogens is 3. The molecule has 2 aromatic heterocycles. The Hall–Kier alpha value is -3.72. The van der Waals surface area contributed by atoms with Crippen LogP contribution < -0.4 is 24.8 Å². The number of hydrogen-bond acceptors (Lipinski definition) is 7. The predicted molar refractivity (Wildman–Crippen MR) is 139 cm³/mol. The van der Waals surface area contributed by atoms with Crippen LogP contribution in [-0.2, 0) is 6.54 Å². The molecule has 2 N–H and O–H groups in total. The van der Waals surface area contributed by atoms with Gasteiger partial charge in [0.1, 0.15) is 12.1 Å². The molecule has 9 nitrogen and oxygen atoms in total. The average molecular weight is 469 g/mol. The van der Waals surface area contributed by atoms with Crippen molar-refractivity contribution < 1.29 is 14.2 Å². The van der Waals surface area contributed by atoms with Crippen molar-refractivity contribution in [3.05, 3.63) is 54.8 Å². The summed E-state index contributed by atoms with van der Waals surface area (Å²) in [6.45, 7) is 16.7. The fourth-order valence-corrected chi connectivity index (χ4v) is 3.27. The van der Waals surface area contributed by atoms with Gasteiger partial charge in [0.05, 0.1) is 50.3 Å². The van der Waals surface area contributed by atoms with E-state index in [0.29, 0.717) is 41.4 Å². The van der Waals surface area contributed by atoms with E-state index >= 15 is 0 Å². The van der Waals surface area contributed by atoms with Crippen molar-refractivity contribution in [1.29, 1.82) is 0 Å². The molecule has 0 amide bonds. The third kappa shape index (κ3) is 5.99. The van der Waals surface area contributed by atoms with Crippen LogP contribution in [0.4, 0.5) is 5.82 Å². The SMILES string of the molecule is C=Nn1c(CNC(C)C)ccc1C(=C)Nc1cn(-c2cc(OC)c(OC)c(OC)c2)cn1.CC. The molecule has 0 aliphatic rings. The van der Waals surface area contributed by atoms with Crippen LogP contribution in [0.25, 0.3) is 11.4 Å². The third-order valence-corrected chi connectivity index (χ3v) is 4.89. The highest BCUT2D eigenvalue weighted by molar-refractivity contribution is 5.72. The molecule has 3 rings (SSSR count). The van der Waals surface area contributed by atoms with Gasteiger partial charge < -0.3 is 29.4 Å². The van der Waals surface area contributed by atoms with Gasteiger partial charge in [0.2, 0.25) is 5.75 Å². The molecule has 9 heteroatoms. The van der Waals surface area contributed by atoms with Crippen LogP contribution in [0, 0.1) is 0 Å². The number of nitrogens with zero attached hydrogens (tertiary/aromatic N) is 4. The molecule has 0 spiro atoms. The maximum Gasteiger partial charge on any atom is 0.203 e. The first-order valence-corrected chi connectivity index (χ1v) is 11.1. The zero-order valence-corrected chi connectivity index (χ0v) is 21.2. The number of imidazole rings is 1. The molecule has 0 aliphatic heterocycles. The molecule has 0 unspecified atom stereocenters. The van der Waals surface area contributed by atoms with E-state index in [9.17, 15) is 0 Å². The van der Waals surface area contributed by atoms with E-state index in [0.717, 1.165) is 17.1 Å². The minimum atomic E-state index is 0.368. The zero-order chi connectivity index (χ0) is 25.3. The van der Waals surface area contributed by atoms with Crippen LogP contribution in [0.3, 0.4) is 0 Å². The smallest absolute Gasteiger partial charge is 0.203 e. The maximum absolute atomic E-state index is 5.44. The molecule has 0 saturated heterocycles. The van der Waals surface area contributed by atoms with Crippen LogP contribution in [0.15, 0.2) is 48.5 Å². The number of rotatable bonds is 11. The Balaban J connectivity index is 0.00000199. The highest BCUT2D eigenvalue weighted by Gasteiger charge is 2.15. The van der Waals surface area contributed by atoms with Crippen molar-refractivity contribution in [3.63, 3.8) is 0 Å². The topological polar surface area (TPSA) is 86.9 Å². The van der Waals surface area contributed by atoms with Crippen molar-refractivity contribution in [2.75, 3.05) is 26.6 Å². The Bertz CT molecular complexity index is 1080. The van der Waals surface area contributed by atoms with Gasteiger partial charge in [0.25, 0.3) is 0 Å². The summed E-state index contributed by atoms with van der Waals surface area (Å²) in [6, 6.07) is 8.02. The highest BCUT2D eigenvalue weighted by atomic mass is 16.5. The largest absolute Gasteiger partial charge is 0.493 e. The van der Waals surface area contributed by atoms with E-state index in [1.54, 1.807) is 32.3 Å². The van der Waals surface area contributed by atoms with Gasteiger partial charge in [-0.25, -0.2) is 9.66 Å². The predicted octanol–water partition coefficient (Wildman–Crippen LogP) is 4.77. The Morgan fingerprint density at radius 3 is 2.26 bits per heavy atom. The molecule has 0 saturated carbocycles. The lowest BCUT2D eigenvalue weighted by Crippen LogP contribution is -2.23. The first kappa shape index (κ1) is 26.5. The van der Waals surface area contributed by atoms with Crippen molar-refractivity contribution in [2.45, 2.75) is 40.3 Å². The summed E-state index contributed by atoms with van der Waals surface area (Å²) in [7, 11) is 4.74. The van der Waals surface area contributed by atoms with Gasteiger partial charge in [-0.3, -0.25) is 0 Å². The molecule has 3 aromatic rings. The van der Waals surface area contributed by atoms with Crippen molar-refractivity contribution in [1.82, 2.24) is 19.5 Å². The first-order chi connectivity index (χ1) is 16.4. The lowest BCUT2D eigenvalue weighted by Gasteiger charge is -2.14. The molecule has 34 heavy (non-hydrogen) atoms. The van der Waals surface area contributed by atoms with Crippen molar-refractivity contribution in [3.8, 4) is 22.9 Å². The van der Waals surface area contributed by atoms with Crippen molar-refractivity contribution in [2.24, 2.45) is 5.10 Å². The zero-order valence-electron chi connectivity index (χ0n) is 21.2. The summed E-state index contributed by atoms with van der Waals surface area (Å²) >= 11 is 0. The van der Waals surface area contributed by atoms with E-state index in [1.165, 1.54) is 0 Å². The molecule has 1 aromatic carbocycles. The number of anilines is 1. The Kier molecular flexibility index (Phi) is 9.76. The van der Waals surface area contributed by atoms with Crippen molar-refractivity contribution >= 4 is 18.2 Å². The Labute approximate surface area is 202 Å². The van der Waals surface area contributed by atoms with Crippen LogP contribution in [0.2, 0.25) is 0 Å². The second kappa shape index (κ2) is 12.5. The van der Waals surface area contributed by atoms with Gasteiger partial charge in [0.15, 0.2) is 11.5 Å². The van der Waals surface area contributed by atoms with E-state index in [-0.39, 0.29) is 0 Å². The number of benzene rings is 1. The van der Waals surface area contributed by atoms with Gasteiger partial charge in [-0.05, 0) is 12.1 Å². The molecule has 2 heterocycles. The minimum absolute atomic E-state index is 0.368. The molecule has 0 fully saturated rings. The van der Waals surface area contributed by atoms with Gasteiger partial charge >= 0.3 is 0 Å². The molecule has 0 atom stereocenters. The second-order valence-electron chi connectivity index (χ2n) is 7.35. The maximum atomic E-state index is 5.44. The summed E-state index contributed by atoms with van der Waals surface area (Å²) in [4.78, 5) is 4.44. The van der Waals surface area contributed by atoms with Gasteiger partial charge in [-0.15, -0.1) is 0 Å². The fourth-order valence-electron chi connectivity index (χ4n) is 3.27. The number of ether oxygens (including phenoxy) is 3. The van der Waals surface area contributed by atoms with Crippen LogP contribution in [0.5, 0.6) is 17.2 Å². The summed E-state index contributed by atoms with van der Waals surface area (Å²) < 4.78 is 19.9. The Morgan fingerprint density at radius 2 is 1.74 bits per heavy atom. The summed E-state index contributed by atoms with van der Waals surface area (Å²) in [5.74, 6) is 2.28. The average Bonchev–Trinajstić information content (AvgIpc) is 3.49. The van der Waals surface area contributed by atoms with E-state index in [4.69, 9.17) is 14.2 Å². The van der Waals surface area contributed by atoms with Gasteiger partial charge in [-0.1, -0.05) is 34.3 Å². The van der Waals surface area contributed by atoms with Crippen LogP contribution >= 0.6 is 0 Å². The quantitative estimate of drug-likeness (QED) is 0.394. The number of nitrogens with one attached hydrogen (secondary N) is 2. The molecule has 184 valence electrons. The summed E-state index contributed by atoms with van der Waals surface area (Å²) in [5.41, 5.74) is 3.27. The second-order valence-corrected chi connectivity index (χ2v) is 7.35. The normalized spacial score (nSPS) is 10.4. The molecule has 0 bridgehead atoms. The fraction of sp³-hybridized carbons (Fsp3) is 0.360. The van der Waals surface area contributed by atoms with Gasteiger partial charge in [-0.2, -0.15) is 5.10 Å². The van der Waals surface area contributed by atoms with E-state index < -0.39 is 0 Å². The number of methoxy groups -OCH3 is 3. The lowest BCUT2D eigenvalue weighted by molar-refractivity contribution is 0.324. The first-order valence-electron chi connectivity index (χ1n) is 11.1. The Morgan fingerprint density at radius 1 is 1.09 bits per heavy atom. The molecule has 0 radical (unpaired) electrons. The molecular formula is C25H36N6O3. The van der Waals surface area contributed by atoms with Crippen LogP contribution in [-0.4, -0.2) is 48.3 Å². The summed E-state index contributed by atoms with van der Waals surface area (Å²) in [6.07, 6.45) is 3.54. The minimum Gasteiger partial charge on any atom is -0.493 e. The van der Waals surface area contributed by atoms with E-state index in [1.807, 2.05) is 48.9 Å². The third-order valence-electron chi connectivity index (χ3n) is 4.89. The van der Waals surface area contributed by atoms with Gasteiger partial charge in [0, 0.05) is 31.4 Å². The lowest BCUT2D eigenvalue weighted by atomic mass is 10.2. The number of hydrogen-bond donors (Lipinski definition) is 2. The summed E-state index contributed by atoms with van der Waals surface area (Å²) in [5, 5.41) is 10.8.